The smallest absolute Gasteiger partial charge is 0.0535 e. The molecule has 2 heterocycles. The van der Waals surface area contributed by atoms with E-state index >= 15 is 0 Å². The minimum absolute atomic E-state index is 0.641. The molecule has 1 aliphatic heterocycles. The summed E-state index contributed by atoms with van der Waals surface area (Å²) in [6, 6.07) is 0.641. The maximum atomic E-state index is 4.03. The Morgan fingerprint density at radius 1 is 1.41 bits per heavy atom. The number of aromatic nitrogens is 2. The first kappa shape index (κ1) is 12.6. The van der Waals surface area contributed by atoms with E-state index in [0.717, 1.165) is 13.1 Å². The maximum Gasteiger partial charge on any atom is 0.0535 e. The highest BCUT2D eigenvalue weighted by atomic mass is 15.2. The van der Waals surface area contributed by atoms with Crippen molar-refractivity contribution >= 4 is 0 Å². The van der Waals surface area contributed by atoms with Crippen molar-refractivity contribution in [1.29, 1.82) is 0 Å². The molecule has 17 heavy (non-hydrogen) atoms. The fraction of sp³-hybridized carbons (Fsp3) is 0.769. The molecule has 0 bridgehead atoms. The number of nitrogens with one attached hydrogen (secondary N) is 2. The van der Waals surface area contributed by atoms with Crippen molar-refractivity contribution in [2.24, 2.45) is 0 Å². The number of hydrogen-bond acceptors (Lipinski definition) is 3. The quantitative estimate of drug-likeness (QED) is 0.817. The van der Waals surface area contributed by atoms with E-state index in [4.69, 9.17) is 0 Å². The lowest BCUT2D eigenvalue weighted by atomic mass is 10.1. The molecule has 0 saturated carbocycles. The van der Waals surface area contributed by atoms with Gasteiger partial charge in [0.05, 0.1) is 6.20 Å². The van der Waals surface area contributed by atoms with E-state index in [-0.39, 0.29) is 0 Å². The Bertz CT molecular complexity index is 328. The minimum Gasteiger partial charge on any atom is -0.311 e. The molecule has 1 aliphatic rings. The number of aromatic amines is 1. The Morgan fingerprint density at radius 2 is 2.18 bits per heavy atom. The first-order valence-corrected chi connectivity index (χ1v) is 6.71. The van der Waals surface area contributed by atoms with Crippen molar-refractivity contribution in [1.82, 2.24) is 20.4 Å². The van der Waals surface area contributed by atoms with Gasteiger partial charge in [0, 0.05) is 30.4 Å². The van der Waals surface area contributed by atoms with Crippen LogP contribution in [0, 0.1) is 6.92 Å². The van der Waals surface area contributed by atoms with E-state index in [2.05, 4.69) is 34.3 Å². The largest absolute Gasteiger partial charge is 0.311 e. The number of rotatable bonds is 5. The van der Waals surface area contributed by atoms with Gasteiger partial charge in [0.15, 0.2) is 0 Å². The number of nitrogens with zero attached hydrogens (tertiary/aromatic N) is 2. The summed E-state index contributed by atoms with van der Waals surface area (Å²) < 4.78 is 0. The predicted octanol–water partition coefficient (Wildman–Crippen LogP) is 1.68. The summed E-state index contributed by atoms with van der Waals surface area (Å²) in [6.07, 6.45) is 6.05. The van der Waals surface area contributed by atoms with Crippen LogP contribution < -0.4 is 5.32 Å². The second-order valence-electron chi connectivity index (χ2n) is 5.10. The highest BCUT2D eigenvalue weighted by molar-refractivity contribution is 5.13. The molecule has 4 heteroatoms. The van der Waals surface area contributed by atoms with E-state index in [0.29, 0.717) is 6.04 Å². The van der Waals surface area contributed by atoms with Gasteiger partial charge < -0.3 is 5.32 Å². The summed E-state index contributed by atoms with van der Waals surface area (Å²) in [4.78, 5) is 2.60. The maximum absolute atomic E-state index is 4.03. The third kappa shape index (κ3) is 3.54. The Labute approximate surface area is 104 Å². The van der Waals surface area contributed by atoms with E-state index < -0.39 is 0 Å². The molecule has 0 spiro atoms. The van der Waals surface area contributed by atoms with Crippen molar-refractivity contribution in [3.8, 4) is 0 Å². The van der Waals surface area contributed by atoms with Crippen LogP contribution in [0.15, 0.2) is 6.20 Å². The Hall–Kier alpha value is -0.870. The molecule has 2 N–H and O–H groups in total. The molecule has 0 radical (unpaired) electrons. The molecule has 0 aliphatic carbocycles. The lowest BCUT2D eigenvalue weighted by Gasteiger charge is -2.32. The molecule has 1 unspecified atom stereocenters. The third-order valence-corrected chi connectivity index (χ3v) is 3.70. The van der Waals surface area contributed by atoms with E-state index in [1.54, 1.807) is 0 Å². The SMILES string of the molecule is Cc1[nH]ncc1CNCC(C)N1CCCCC1. The van der Waals surface area contributed by atoms with Crippen molar-refractivity contribution < 1.29 is 0 Å². The van der Waals surface area contributed by atoms with Crippen LogP contribution in [-0.2, 0) is 6.54 Å². The van der Waals surface area contributed by atoms with Gasteiger partial charge >= 0.3 is 0 Å². The van der Waals surface area contributed by atoms with Crippen molar-refractivity contribution in [3.63, 3.8) is 0 Å². The van der Waals surface area contributed by atoms with Gasteiger partial charge in [-0.2, -0.15) is 5.10 Å². The normalized spacial score (nSPS) is 19.4. The zero-order valence-corrected chi connectivity index (χ0v) is 11.0. The number of aryl methyl sites for hydroxylation is 1. The van der Waals surface area contributed by atoms with Crippen LogP contribution in [0.4, 0.5) is 0 Å². The summed E-state index contributed by atoms with van der Waals surface area (Å²) in [6.45, 7) is 8.91. The predicted molar refractivity (Wildman–Crippen MR) is 69.9 cm³/mol. The molecule has 0 amide bonds. The van der Waals surface area contributed by atoms with Crippen LogP contribution >= 0.6 is 0 Å². The van der Waals surface area contributed by atoms with Crippen LogP contribution in [0.3, 0.4) is 0 Å². The Balaban J connectivity index is 1.69. The van der Waals surface area contributed by atoms with Gasteiger partial charge in [-0.15, -0.1) is 0 Å². The summed E-state index contributed by atoms with van der Waals surface area (Å²) >= 11 is 0. The van der Waals surface area contributed by atoms with Crippen LogP contribution in [-0.4, -0.2) is 40.8 Å². The van der Waals surface area contributed by atoms with Gasteiger partial charge in [0.2, 0.25) is 0 Å². The first-order chi connectivity index (χ1) is 8.27. The number of hydrogen-bond donors (Lipinski definition) is 2. The van der Waals surface area contributed by atoms with Crippen LogP contribution in [0.2, 0.25) is 0 Å². The molecule has 1 saturated heterocycles. The molecule has 1 fully saturated rings. The zero-order valence-electron chi connectivity index (χ0n) is 11.0. The summed E-state index contributed by atoms with van der Waals surface area (Å²) in [5.74, 6) is 0. The minimum atomic E-state index is 0.641. The molecule has 2 rings (SSSR count). The lowest BCUT2D eigenvalue weighted by Crippen LogP contribution is -2.42. The van der Waals surface area contributed by atoms with Crippen LogP contribution in [0.1, 0.15) is 37.4 Å². The Morgan fingerprint density at radius 3 is 2.82 bits per heavy atom. The van der Waals surface area contributed by atoms with E-state index in [1.807, 2.05) is 6.20 Å². The van der Waals surface area contributed by atoms with Gasteiger partial charge in [-0.1, -0.05) is 6.42 Å². The number of H-pyrrole nitrogens is 1. The van der Waals surface area contributed by atoms with Gasteiger partial charge in [-0.05, 0) is 39.8 Å². The second-order valence-corrected chi connectivity index (χ2v) is 5.10. The van der Waals surface area contributed by atoms with Gasteiger partial charge in [-0.3, -0.25) is 10.00 Å². The summed E-state index contributed by atoms with van der Waals surface area (Å²) in [5, 5.41) is 10.5. The number of piperidine rings is 1. The van der Waals surface area contributed by atoms with Crippen LogP contribution in [0.5, 0.6) is 0 Å². The highest BCUT2D eigenvalue weighted by Crippen LogP contribution is 2.11. The third-order valence-electron chi connectivity index (χ3n) is 3.70. The second kappa shape index (κ2) is 6.17. The summed E-state index contributed by atoms with van der Waals surface area (Å²) in [7, 11) is 0. The van der Waals surface area contributed by atoms with Crippen molar-refractivity contribution in [3.05, 3.63) is 17.5 Å². The molecule has 96 valence electrons. The van der Waals surface area contributed by atoms with Gasteiger partial charge in [-0.25, -0.2) is 0 Å². The van der Waals surface area contributed by atoms with Crippen molar-refractivity contribution in [2.75, 3.05) is 19.6 Å². The topological polar surface area (TPSA) is 44.0 Å². The average molecular weight is 236 g/mol. The summed E-state index contributed by atoms with van der Waals surface area (Å²) in [5.41, 5.74) is 2.44. The highest BCUT2D eigenvalue weighted by Gasteiger charge is 2.15. The molecule has 1 aromatic rings. The zero-order chi connectivity index (χ0) is 12.1. The number of likely N-dealkylation sites (tertiary alicyclic amines) is 1. The lowest BCUT2D eigenvalue weighted by molar-refractivity contribution is 0.170. The molecule has 0 aromatic carbocycles. The first-order valence-electron chi connectivity index (χ1n) is 6.71. The molecule has 1 atom stereocenters. The Kier molecular flexibility index (Phi) is 4.57. The molecular weight excluding hydrogens is 212 g/mol. The van der Waals surface area contributed by atoms with Crippen molar-refractivity contribution in [2.45, 2.75) is 45.7 Å². The fourth-order valence-corrected chi connectivity index (χ4v) is 2.46. The average Bonchev–Trinajstić information content (AvgIpc) is 2.76. The van der Waals surface area contributed by atoms with Gasteiger partial charge in [0.25, 0.3) is 0 Å². The molecular formula is C13H24N4. The van der Waals surface area contributed by atoms with E-state index in [9.17, 15) is 0 Å². The van der Waals surface area contributed by atoms with Gasteiger partial charge in [0.1, 0.15) is 0 Å². The van der Waals surface area contributed by atoms with E-state index in [1.165, 1.54) is 43.6 Å². The molecule has 4 nitrogen and oxygen atoms in total. The monoisotopic (exact) mass is 236 g/mol. The fourth-order valence-electron chi connectivity index (χ4n) is 2.46. The molecule has 1 aromatic heterocycles. The standard InChI is InChI=1S/C13H24N4/c1-11(17-6-4-3-5-7-17)8-14-9-13-10-15-16-12(13)2/h10-11,14H,3-9H2,1-2H3,(H,15,16). The van der Waals surface area contributed by atoms with Crippen LogP contribution in [0.25, 0.3) is 0 Å².